The van der Waals surface area contributed by atoms with Crippen LogP contribution in [0.2, 0.25) is 0 Å². The minimum absolute atomic E-state index is 0.755. The highest BCUT2D eigenvalue weighted by Gasteiger charge is 2.07. The maximum Gasteiger partial charge on any atom is 0.127 e. The number of aliphatic imine (C=N–C) groups is 1. The summed E-state index contributed by atoms with van der Waals surface area (Å²) in [6, 6.07) is 20.1. The van der Waals surface area contributed by atoms with E-state index >= 15 is 0 Å². The van der Waals surface area contributed by atoms with Gasteiger partial charge in [0.25, 0.3) is 0 Å². The molecule has 4 aromatic rings. The second kappa shape index (κ2) is 7.82. The van der Waals surface area contributed by atoms with Gasteiger partial charge in [0.05, 0.1) is 30.1 Å². The Labute approximate surface area is 168 Å². The van der Waals surface area contributed by atoms with Crippen LogP contribution in [0.25, 0.3) is 20.8 Å². The van der Waals surface area contributed by atoms with Crippen LogP contribution >= 0.6 is 11.3 Å². The summed E-state index contributed by atoms with van der Waals surface area (Å²) >= 11 is 1.71. The summed E-state index contributed by atoms with van der Waals surface area (Å²) in [5.41, 5.74) is 5.12. The highest BCUT2D eigenvalue weighted by atomic mass is 32.1. The first-order valence-corrected chi connectivity index (χ1v) is 9.71. The zero-order valence-electron chi connectivity index (χ0n) is 16.0. The zero-order valence-corrected chi connectivity index (χ0v) is 16.8. The van der Waals surface area contributed by atoms with E-state index in [4.69, 9.17) is 14.5 Å². The van der Waals surface area contributed by atoms with E-state index in [0.29, 0.717) is 0 Å². The molecule has 28 heavy (non-hydrogen) atoms. The molecule has 0 aliphatic carbocycles. The molecule has 0 aliphatic heterocycles. The molecule has 0 unspecified atom stereocenters. The van der Waals surface area contributed by atoms with Crippen LogP contribution in [0.4, 0.5) is 5.69 Å². The number of hydrogen-bond acceptors (Lipinski definition) is 5. The third-order valence-electron chi connectivity index (χ3n) is 4.45. The fourth-order valence-corrected chi connectivity index (χ4v) is 4.00. The number of thiazole rings is 1. The van der Waals surface area contributed by atoms with Gasteiger partial charge in [-0.3, -0.25) is 4.99 Å². The zero-order chi connectivity index (χ0) is 19.5. The Bertz CT molecular complexity index is 1150. The largest absolute Gasteiger partial charge is 0.497 e. The number of nitrogens with zero attached hydrogens (tertiary/aromatic N) is 2. The van der Waals surface area contributed by atoms with Crippen LogP contribution in [0.1, 0.15) is 11.1 Å². The predicted octanol–water partition coefficient (Wildman–Crippen LogP) is 6.04. The summed E-state index contributed by atoms with van der Waals surface area (Å²) in [6.07, 6.45) is 1.79. The van der Waals surface area contributed by atoms with E-state index in [9.17, 15) is 0 Å². The van der Waals surface area contributed by atoms with Gasteiger partial charge in [0, 0.05) is 17.3 Å². The first-order chi connectivity index (χ1) is 13.7. The average molecular weight is 388 g/mol. The van der Waals surface area contributed by atoms with Crippen molar-refractivity contribution in [3.05, 3.63) is 71.8 Å². The van der Waals surface area contributed by atoms with Crippen molar-refractivity contribution in [2.24, 2.45) is 4.99 Å². The molecular formula is C23H20N2O2S. The third-order valence-corrected chi connectivity index (χ3v) is 5.52. The average Bonchev–Trinajstić information content (AvgIpc) is 3.15. The number of benzene rings is 3. The molecule has 0 fully saturated rings. The van der Waals surface area contributed by atoms with E-state index < -0.39 is 0 Å². The number of methoxy groups -OCH3 is 2. The lowest BCUT2D eigenvalue weighted by molar-refractivity contribution is 0.402. The summed E-state index contributed by atoms with van der Waals surface area (Å²) in [7, 11) is 3.29. The summed E-state index contributed by atoms with van der Waals surface area (Å²) in [5, 5.41) is 1.02. The number of aryl methyl sites for hydroxylation is 1. The Morgan fingerprint density at radius 1 is 0.929 bits per heavy atom. The van der Waals surface area contributed by atoms with Crippen molar-refractivity contribution >= 4 is 33.5 Å². The Balaban J connectivity index is 1.58. The molecule has 1 aromatic heterocycles. The van der Waals surface area contributed by atoms with E-state index in [1.165, 1.54) is 10.3 Å². The molecule has 0 saturated heterocycles. The highest BCUT2D eigenvalue weighted by molar-refractivity contribution is 7.21. The minimum atomic E-state index is 0.755. The van der Waals surface area contributed by atoms with Crippen molar-refractivity contribution in [1.29, 1.82) is 0 Å². The molecule has 4 rings (SSSR count). The molecule has 0 atom stereocenters. The van der Waals surface area contributed by atoms with Crippen LogP contribution in [0.15, 0.2) is 65.7 Å². The molecule has 5 heteroatoms. The molecule has 0 amide bonds. The fourth-order valence-electron chi connectivity index (χ4n) is 2.93. The van der Waals surface area contributed by atoms with Gasteiger partial charge < -0.3 is 9.47 Å². The van der Waals surface area contributed by atoms with Gasteiger partial charge in [-0.15, -0.1) is 11.3 Å². The molecular weight excluding hydrogens is 368 g/mol. The van der Waals surface area contributed by atoms with Crippen molar-refractivity contribution in [1.82, 2.24) is 4.98 Å². The Hall–Kier alpha value is -3.18. The number of fused-ring (bicyclic) bond motifs is 1. The van der Waals surface area contributed by atoms with Gasteiger partial charge in [0.15, 0.2) is 0 Å². The predicted molar refractivity (Wildman–Crippen MR) is 117 cm³/mol. The van der Waals surface area contributed by atoms with E-state index in [1.54, 1.807) is 31.8 Å². The quantitative estimate of drug-likeness (QED) is 0.392. The molecule has 0 aliphatic rings. The first kappa shape index (κ1) is 18.2. The summed E-state index contributed by atoms with van der Waals surface area (Å²) in [5.74, 6) is 1.52. The maximum absolute atomic E-state index is 5.39. The van der Waals surface area contributed by atoms with Gasteiger partial charge >= 0.3 is 0 Å². The lowest BCUT2D eigenvalue weighted by Crippen LogP contribution is -1.92. The summed E-state index contributed by atoms with van der Waals surface area (Å²) in [4.78, 5) is 9.31. The standard InChI is InChI=1S/C23H20N2O2S/c1-15-4-10-20-22(12-15)28-23(25-20)16-5-7-18(8-6-16)24-14-17-13-19(26-2)9-11-21(17)27-3/h4-14H,1-3H3. The van der Waals surface area contributed by atoms with Gasteiger partial charge in [-0.05, 0) is 67.1 Å². The second-order valence-corrected chi connectivity index (χ2v) is 7.43. The van der Waals surface area contributed by atoms with Crippen molar-refractivity contribution in [2.45, 2.75) is 6.92 Å². The molecule has 0 bridgehead atoms. The van der Waals surface area contributed by atoms with Crippen LogP contribution in [-0.2, 0) is 0 Å². The maximum atomic E-state index is 5.39. The molecule has 0 saturated carbocycles. The lowest BCUT2D eigenvalue weighted by atomic mass is 10.2. The summed E-state index contributed by atoms with van der Waals surface area (Å²) in [6.45, 7) is 2.10. The molecule has 3 aromatic carbocycles. The lowest BCUT2D eigenvalue weighted by Gasteiger charge is -2.06. The molecule has 0 spiro atoms. The number of rotatable bonds is 5. The van der Waals surface area contributed by atoms with E-state index in [-0.39, 0.29) is 0 Å². The molecule has 0 radical (unpaired) electrons. The van der Waals surface area contributed by atoms with Gasteiger partial charge in [0.1, 0.15) is 16.5 Å². The van der Waals surface area contributed by atoms with E-state index in [2.05, 4.69) is 42.2 Å². The summed E-state index contributed by atoms with van der Waals surface area (Å²) < 4.78 is 11.9. The fraction of sp³-hybridized carbons (Fsp3) is 0.130. The van der Waals surface area contributed by atoms with Crippen LogP contribution in [-0.4, -0.2) is 25.4 Å². The molecule has 4 nitrogen and oxygen atoms in total. The van der Waals surface area contributed by atoms with Crippen molar-refractivity contribution < 1.29 is 9.47 Å². The van der Waals surface area contributed by atoms with Crippen LogP contribution in [0.3, 0.4) is 0 Å². The Morgan fingerprint density at radius 2 is 1.75 bits per heavy atom. The second-order valence-electron chi connectivity index (χ2n) is 6.40. The highest BCUT2D eigenvalue weighted by Crippen LogP contribution is 2.31. The topological polar surface area (TPSA) is 43.7 Å². The molecule has 0 N–H and O–H groups in total. The van der Waals surface area contributed by atoms with Crippen LogP contribution in [0.5, 0.6) is 11.5 Å². The smallest absolute Gasteiger partial charge is 0.127 e. The normalized spacial score (nSPS) is 11.2. The van der Waals surface area contributed by atoms with Crippen molar-refractivity contribution in [3.8, 4) is 22.1 Å². The molecule has 140 valence electrons. The number of ether oxygens (including phenoxy) is 2. The Morgan fingerprint density at radius 3 is 2.50 bits per heavy atom. The van der Waals surface area contributed by atoms with E-state index in [1.807, 2.05) is 30.3 Å². The van der Waals surface area contributed by atoms with Gasteiger partial charge in [-0.1, -0.05) is 6.07 Å². The van der Waals surface area contributed by atoms with Crippen molar-refractivity contribution in [3.63, 3.8) is 0 Å². The van der Waals surface area contributed by atoms with Gasteiger partial charge in [-0.25, -0.2) is 4.98 Å². The van der Waals surface area contributed by atoms with E-state index in [0.717, 1.165) is 38.8 Å². The van der Waals surface area contributed by atoms with Crippen molar-refractivity contribution in [2.75, 3.05) is 14.2 Å². The minimum Gasteiger partial charge on any atom is -0.497 e. The van der Waals surface area contributed by atoms with Gasteiger partial charge in [-0.2, -0.15) is 0 Å². The number of hydrogen-bond donors (Lipinski definition) is 0. The monoisotopic (exact) mass is 388 g/mol. The Kier molecular flexibility index (Phi) is 5.08. The third kappa shape index (κ3) is 3.75. The molecule has 1 heterocycles. The first-order valence-electron chi connectivity index (χ1n) is 8.90. The van der Waals surface area contributed by atoms with Crippen LogP contribution in [0, 0.1) is 6.92 Å². The van der Waals surface area contributed by atoms with Gasteiger partial charge in [0.2, 0.25) is 0 Å². The SMILES string of the molecule is COc1ccc(OC)c(C=Nc2ccc(-c3nc4ccc(C)cc4s3)cc2)c1. The number of aromatic nitrogens is 1. The van der Waals surface area contributed by atoms with Crippen LogP contribution < -0.4 is 9.47 Å².